The number of hydrogen-bond acceptors (Lipinski definition) is 5. The molecule has 2 N–H and O–H groups in total. The summed E-state index contributed by atoms with van der Waals surface area (Å²) in [6.07, 6.45) is 0.876. The molecular weight excluding hydrogens is 386 g/mol. The van der Waals surface area contributed by atoms with Gasteiger partial charge in [-0.1, -0.05) is 38.1 Å². The lowest BCUT2D eigenvalue weighted by Gasteiger charge is -2.31. The van der Waals surface area contributed by atoms with Crippen LogP contribution >= 0.6 is 0 Å². The molecule has 29 heavy (non-hydrogen) atoms. The van der Waals surface area contributed by atoms with Crippen molar-refractivity contribution in [3.8, 4) is 0 Å². The number of likely N-dealkylation sites (N-methyl/N-ethyl adjacent to an activating group) is 1. The number of piperazine rings is 1. The molecule has 2 aromatic rings. The van der Waals surface area contributed by atoms with Crippen molar-refractivity contribution in [3.05, 3.63) is 59.7 Å². The average molecular weight is 418 g/mol. The molecule has 0 spiro atoms. The molecule has 1 aliphatic heterocycles. The number of nitrogens with two attached hydrogens (primary N) is 1. The number of Topliss-reactive ketones (excluding diaryl/α,β-unsaturated/α-hetero) is 1. The third-order valence-electron chi connectivity index (χ3n) is 4.93. The zero-order valence-corrected chi connectivity index (χ0v) is 18.3. The smallest absolute Gasteiger partial charge is 0.243 e. The lowest BCUT2D eigenvalue weighted by molar-refractivity contribution is 0.0983. The van der Waals surface area contributed by atoms with Crippen molar-refractivity contribution in [2.45, 2.75) is 31.6 Å². The Balaban J connectivity index is 0.00000145. The summed E-state index contributed by atoms with van der Waals surface area (Å²) in [5.41, 5.74) is 7.79. The summed E-state index contributed by atoms with van der Waals surface area (Å²) in [6.45, 7) is 6.49. The van der Waals surface area contributed by atoms with E-state index in [1.807, 2.05) is 20.9 Å². The summed E-state index contributed by atoms with van der Waals surface area (Å²) in [4.78, 5) is 14.7. The Morgan fingerprint density at radius 1 is 0.966 bits per heavy atom. The predicted octanol–water partition coefficient (Wildman–Crippen LogP) is 3.05. The van der Waals surface area contributed by atoms with Crippen LogP contribution in [0.15, 0.2) is 53.4 Å². The van der Waals surface area contributed by atoms with Crippen LogP contribution in [-0.4, -0.2) is 56.6 Å². The summed E-state index contributed by atoms with van der Waals surface area (Å²) in [7, 11) is -1.47. The maximum atomic E-state index is 12.7. The van der Waals surface area contributed by atoms with E-state index in [4.69, 9.17) is 5.73 Å². The molecule has 0 radical (unpaired) electrons. The van der Waals surface area contributed by atoms with E-state index < -0.39 is 10.0 Å². The molecule has 0 bridgehead atoms. The Bertz CT molecular complexity index is 903. The fourth-order valence-corrected chi connectivity index (χ4v) is 4.57. The first kappa shape index (κ1) is 23.1. The zero-order chi connectivity index (χ0) is 21.4. The fourth-order valence-electron chi connectivity index (χ4n) is 3.15. The number of carbonyl (C=O) groups is 1. The summed E-state index contributed by atoms with van der Waals surface area (Å²) in [5, 5.41) is 0. The van der Waals surface area contributed by atoms with Crippen LogP contribution in [0.2, 0.25) is 0 Å². The number of nitrogens with zero attached hydrogens (tertiary/aromatic N) is 2. The first-order chi connectivity index (χ1) is 13.9. The van der Waals surface area contributed by atoms with Crippen LogP contribution in [0.5, 0.6) is 0 Å². The highest BCUT2D eigenvalue weighted by Gasteiger charge is 2.27. The van der Waals surface area contributed by atoms with Crippen molar-refractivity contribution >= 4 is 21.5 Å². The molecule has 1 saturated heterocycles. The topological polar surface area (TPSA) is 83.7 Å². The van der Waals surface area contributed by atoms with Crippen LogP contribution < -0.4 is 5.73 Å². The van der Waals surface area contributed by atoms with Crippen LogP contribution in [0.4, 0.5) is 5.69 Å². The van der Waals surface area contributed by atoms with E-state index in [-0.39, 0.29) is 5.78 Å². The number of anilines is 1. The molecule has 6 nitrogen and oxygen atoms in total. The van der Waals surface area contributed by atoms with Crippen LogP contribution in [-0.2, 0) is 16.4 Å². The largest absolute Gasteiger partial charge is 0.398 e. The normalized spacial score (nSPS) is 15.4. The lowest BCUT2D eigenvalue weighted by atomic mass is 10.0. The Kier molecular flexibility index (Phi) is 8.37. The van der Waals surface area contributed by atoms with Crippen LogP contribution in [0.1, 0.15) is 36.2 Å². The minimum Gasteiger partial charge on any atom is -0.398 e. The number of nitrogen functional groups attached to an aromatic ring is 1. The molecule has 0 aliphatic carbocycles. The number of rotatable bonds is 6. The number of hydrogen-bond donors (Lipinski definition) is 1. The standard InChI is InChI=1S/C20H25N3O3S.C2H6/c1-22-12-14-23(15-13-22)27(25,26)17-9-6-16(7-10-17)8-11-20(24)18-4-2-3-5-19(18)21;1-2/h2-7,9-10H,8,11-15,21H2,1H3;1-2H3. The molecule has 1 heterocycles. The maximum absolute atomic E-state index is 12.7. The number of carbonyl (C=O) groups excluding carboxylic acids is 1. The number of benzene rings is 2. The van der Waals surface area contributed by atoms with Gasteiger partial charge in [-0.2, -0.15) is 4.31 Å². The van der Waals surface area contributed by atoms with Crippen LogP contribution in [0.25, 0.3) is 0 Å². The monoisotopic (exact) mass is 417 g/mol. The van der Waals surface area contributed by atoms with E-state index in [0.717, 1.165) is 18.7 Å². The Labute approximate surface area is 174 Å². The van der Waals surface area contributed by atoms with Crippen molar-refractivity contribution in [2.75, 3.05) is 39.0 Å². The van der Waals surface area contributed by atoms with Gasteiger partial charge in [0.1, 0.15) is 0 Å². The summed E-state index contributed by atoms with van der Waals surface area (Å²) >= 11 is 0. The minimum absolute atomic E-state index is 0.0118. The van der Waals surface area contributed by atoms with E-state index in [0.29, 0.717) is 42.1 Å². The van der Waals surface area contributed by atoms with Gasteiger partial charge < -0.3 is 10.6 Å². The molecule has 0 atom stereocenters. The second kappa shape index (κ2) is 10.5. The highest BCUT2D eigenvalue weighted by atomic mass is 32.2. The van der Waals surface area contributed by atoms with Crippen LogP contribution in [0, 0.1) is 0 Å². The molecule has 0 aromatic heterocycles. The van der Waals surface area contributed by atoms with Gasteiger partial charge in [0, 0.05) is 43.9 Å². The quantitative estimate of drug-likeness (QED) is 0.577. The Hall–Kier alpha value is -2.22. The van der Waals surface area contributed by atoms with Gasteiger partial charge in [-0.15, -0.1) is 0 Å². The average Bonchev–Trinajstić information content (AvgIpc) is 2.74. The van der Waals surface area contributed by atoms with Gasteiger partial charge in [0.15, 0.2) is 5.78 Å². The van der Waals surface area contributed by atoms with Crippen molar-refractivity contribution < 1.29 is 13.2 Å². The molecule has 7 heteroatoms. The van der Waals surface area contributed by atoms with Crippen molar-refractivity contribution in [1.82, 2.24) is 9.21 Å². The maximum Gasteiger partial charge on any atom is 0.243 e. The summed E-state index contributed by atoms with van der Waals surface area (Å²) in [6, 6.07) is 13.9. The van der Waals surface area contributed by atoms with Crippen LogP contribution in [0.3, 0.4) is 0 Å². The Morgan fingerprint density at radius 2 is 1.55 bits per heavy atom. The molecule has 0 unspecified atom stereocenters. The van der Waals surface area contributed by atoms with Gasteiger partial charge in [0.2, 0.25) is 10.0 Å². The van der Waals surface area contributed by atoms with E-state index in [9.17, 15) is 13.2 Å². The third-order valence-corrected chi connectivity index (χ3v) is 6.84. The molecule has 0 amide bonds. The molecule has 3 rings (SSSR count). The predicted molar refractivity (Wildman–Crippen MR) is 118 cm³/mol. The molecule has 1 fully saturated rings. The second-order valence-electron chi connectivity index (χ2n) is 6.86. The summed E-state index contributed by atoms with van der Waals surface area (Å²) < 4.78 is 27.0. The highest BCUT2D eigenvalue weighted by molar-refractivity contribution is 7.89. The zero-order valence-electron chi connectivity index (χ0n) is 17.5. The number of sulfonamides is 1. The molecule has 158 valence electrons. The molecule has 0 saturated carbocycles. The first-order valence-corrected chi connectivity index (χ1v) is 11.5. The first-order valence-electron chi connectivity index (χ1n) is 10.0. The van der Waals surface area contributed by atoms with Gasteiger partial charge in [-0.05, 0) is 43.3 Å². The van der Waals surface area contributed by atoms with E-state index in [1.54, 1.807) is 48.5 Å². The third kappa shape index (κ3) is 5.88. The number of ketones is 1. The van der Waals surface area contributed by atoms with Crippen molar-refractivity contribution in [2.24, 2.45) is 0 Å². The SMILES string of the molecule is CC.CN1CCN(S(=O)(=O)c2ccc(CCC(=O)c3ccccc3N)cc2)CC1. The molecular formula is C22H31N3O3S. The second-order valence-corrected chi connectivity index (χ2v) is 8.80. The number of para-hydroxylation sites is 1. The lowest BCUT2D eigenvalue weighted by Crippen LogP contribution is -2.46. The van der Waals surface area contributed by atoms with Gasteiger partial charge in [-0.25, -0.2) is 8.42 Å². The van der Waals surface area contributed by atoms with Gasteiger partial charge in [-0.3, -0.25) is 4.79 Å². The van der Waals surface area contributed by atoms with Gasteiger partial charge in [0.25, 0.3) is 0 Å². The minimum atomic E-state index is -3.46. The molecule has 2 aromatic carbocycles. The number of aryl methyl sites for hydroxylation is 1. The highest BCUT2D eigenvalue weighted by Crippen LogP contribution is 2.19. The van der Waals surface area contributed by atoms with E-state index in [1.165, 1.54) is 4.31 Å². The fraction of sp³-hybridized carbons (Fsp3) is 0.409. The Morgan fingerprint density at radius 3 is 2.14 bits per heavy atom. The molecule has 1 aliphatic rings. The van der Waals surface area contributed by atoms with E-state index in [2.05, 4.69) is 4.90 Å². The van der Waals surface area contributed by atoms with Crippen molar-refractivity contribution in [3.63, 3.8) is 0 Å². The van der Waals surface area contributed by atoms with E-state index >= 15 is 0 Å². The van der Waals surface area contributed by atoms with Gasteiger partial charge in [0.05, 0.1) is 4.90 Å². The summed E-state index contributed by atoms with van der Waals surface area (Å²) in [5.74, 6) is -0.0118. The van der Waals surface area contributed by atoms with Gasteiger partial charge >= 0.3 is 0 Å². The van der Waals surface area contributed by atoms with Crippen molar-refractivity contribution in [1.29, 1.82) is 0 Å².